The second kappa shape index (κ2) is 8.18. The fraction of sp³-hybridized carbons (Fsp3) is 0.955. The molecule has 2 aliphatic rings. The highest BCUT2D eigenvalue weighted by Gasteiger charge is 2.69. The lowest BCUT2D eigenvalue weighted by Crippen LogP contribution is -2.54. The number of aliphatic hydroxyl groups excluding tert-OH is 1. The highest BCUT2D eigenvalue weighted by molar-refractivity contribution is 6.74. The standard InChI is InChI=1S/C22H44O7Si2/c1-19(2,3)30(9,10)25-13-15(23)16-17-22(18(24)27-16,29-21(7,8)28-17)14-26-31(11,12)20(4,5)6/h15-17,23H,13-14H2,1-12H3/t15-,16-,17-,22-/m1/s1. The van der Waals surface area contributed by atoms with E-state index in [0.29, 0.717) is 0 Å². The van der Waals surface area contributed by atoms with E-state index in [1.54, 1.807) is 13.8 Å². The number of ether oxygens (including phenoxy) is 3. The third-order valence-corrected chi connectivity index (χ3v) is 16.4. The van der Waals surface area contributed by atoms with E-state index < -0.39 is 52.3 Å². The van der Waals surface area contributed by atoms with E-state index in [1.807, 2.05) is 0 Å². The van der Waals surface area contributed by atoms with Crippen LogP contribution in [0.25, 0.3) is 0 Å². The van der Waals surface area contributed by atoms with Gasteiger partial charge in [-0.05, 0) is 50.1 Å². The van der Waals surface area contributed by atoms with Gasteiger partial charge in [-0.2, -0.15) is 0 Å². The molecule has 0 aromatic heterocycles. The molecule has 2 rings (SSSR count). The Labute approximate surface area is 190 Å². The Morgan fingerprint density at radius 2 is 1.48 bits per heavy atom. The van der Waals surface area contributed by atoms with Crippen molar-refractivity contribution >= 4 is 22.6 Å². The number of carbonyl (C=O) groups excluding carboxylic acids is 1. The molecule has 2 aliphatic heterocycles. The normalized spacial score (nSPS) is 30.3. The molecule has 0 aromatic carbocycles. The van der Waals surface area contributed by atoms with Crippen LogP contribution in [0, 0.1) is 0 Å². The number of esters is 1. The topological polar surface area (TPSA) is 83.5 Å². The Kier molecular flexibility index (Phi) is 7.11. The SMILES string of the molecule is CC1(C)O[C@@H]2[C@@H]([C@H](O)CO[Si](C)(C)C(C)(C)C)OC(=O)[C@]2(CO[Si](C)(C)C(C)(C)C)O1. The molecule has 31 heavy (non-hydrogen) atoms. The molecule has 0 saturated carbocycles. The zero-order valence-electron chi connectivity index (χ0n) is 21.5. The minimum absolute atomic E-state index is 0.00873. The lowest BCUT2D eigenvalue weighted by Gasteiger charge is -2.38. The van der Waals surface area contributed by atoms with E-state index in [1.165, 1.54) is 0 Å². The number of fused-ring (bicyclic) bond motifs is 1. The highest BCUT2D eigenvalue weighted by atomic mass is 28.4. The molecule has 1 N–H and O–H groups in total. The van der Waals surface area contributed by atoms with Gasteiger partial charge in [-0.1, -0.05) is 41.5 Å². The third kappa shape index (κ3) is 5.28. The van der Waals surface area contributed by atoms with Crippen molar-refractivity contribution in [3.05, 3.63) is 0 Å². The highest BCUT2D eigenvalue weighted by Crippen LogP contribution is 2.47. The summed E-state index contributed by atoms with van der Waals surface area (Å²) in [5, 5.41) is 10.9. The van der Waals surface area contributed by atoms with Gasteiger partial charge in [-0.15, -0.1) is 0 Å². The predicted molar refractivity (Wildman–Crippen MR) is 125 cm³/mol. The fourth-order valence-corrected chi connectivity index (χ4v) is 5.29. The average molecular weight is 477 g/mol. The number of rotatable bonds is 7. The average Bonchev–Trinajstić information content (AvgIpc) is 2.98. The molecule has 0 aliphatic carbocycles. The number of carbonyl (C=O) groups is 1. The van der Waals surface area contributed by atoms with E-state index in [2.05, 4.69) is 67.7 Å². The van der Waals surface area contributed by atoms with Gasteiger partial charge in [0.15, 0.2) is 28.5 Å². The van der Waals surface area contributed by atoms with Crippen molar-refractivity contribution in [2.75, 3.05) is 13.2 Å². The molecular weight excluding hydrogens is 432 g/mol. The van der Waals surface area contributed by atoms with Crippen molar-refractivity contribution in [2.24, 2.45) is 0 Å². The van der Waals surface area contributed by atoms with Crippen molar-refractivity contribution in [2.45, 2.75) is 121 Å². The van der Waals surface area contributed by atoms with Crippen LogP contribution < -0.4 is 0 Å². The number of hydrogen-bond donors (Lipinski definition) is 1. The second-order valence-electron chi connectivity index (χ2n) is 12.5. The minimum Gasteiger partial charge on any atom is -0.454 e. The first-order valence-corrected chi connectivity index (χ1v) is 17.0. The Hall–Kier alpha value is -0.296. The largest absolute Gasteiger partial charge is 0.454 e. The molecule has 7 nitrogen and oxygen atoms in total. The summed E-state index contributed by atoms with van der Waals surface area (Å²) in [5.41, 5.74) is -1.39. The Bertz CT molecular complexity index is 678. The minimum atomic E-state index is -2.15. The second-order valence-corrected chi connectivity index (χ2v) is 22.1. The molecule has 0 amide bonds. The first-order chi connectivity index (χ1) is 13.7. The van der Waals surface area contributed by atoms with Crippen LogP contribution in [0.5, 0.6) is 0 Å². The monoisotopic (exact) mass is 476 g/mol. The van der Waals surface area contributed by atoms with Crippen LogP contribution in [0.4, 0.5) is 0 Å². The Morgan fingerprint density at radius 3 is 1.97 bits per heavy atom. The molecule has 9 heteroatoms. The number of aliphatic hydroxyl groups is 1. The summed E-state index contributed by atoms with van der Waals surface area (Å²) < 4.78 is 30.4. The third-order valence-electron chi connectivity index (χ3n) is 7.44. The van der Waals surface area contributed by atoms with E-state index in [4.69, 9.17) is 23.1 Å². The molecule has 2 fully saturated rings. The summed E-state index contributed by atoms with van der Waals surface area (Å²) in [6.07, 6.45) is -2.66. The van der Waals surface area contributed by atoms with Gasteiger partial charge in [-0.3, -0.25) is 0 Å². The molecule has 4 atom stereocenters. The molecule has 2 heterocycles. The van der Waals surface area contributed by atoms with Gasteiger partial charge in [0.25, 0.3) is 0 Å². The molecule has 0 radical (unpaired) electrons. The quantitative estimate of drug-likeness (QED) is 0.435. The maximum Gasteiger partial charge on any atom is 0.344 e. The summed E-state index contributed by atoms with van der Waals surface area (Å²) in [4.78, 5) is 13.1. The van der Waals surface area contributed by atoms with Crippen molar-refractivity contribution in [3.63, 3.8) is 0 Å². The fourth-order valence-electron chi connectivity index (χ4n) is 3.26. The molecule has 0 aromatic rings. The molecular formula is C22H44O7Si2. The van der Waals surface area contributed by atoms with Gasteiger partial charge < -0.3 is 28.2 Å². The summed E-state index contributed by atoms with van der Waals surface area (Å²) in [7, 11) is -4.22. The van der Waals surface area contributed by atoms with Crippen LogP contribution in [0.3, 0.4) is 0 Å². The van der Waals surface area contributed by atoms with Crippen LogP contribution in [0.1, 0.15) is 55.4 Å². The summed E-state index contributed by atoms with van der Waals surface area (Å²) in [6.45, 7) is 25.0. The van der Waals surface area contributed by atoms with Gasteiger partial charge in [0, 0.05) is 0 Å². The van der Waals surface area contributed by atoms with Crippen LogP contribution in [0.15, 0.2) is 0 Å². The first kappa shape index (κ1) is 27.0. The zero-order chi connectivity index (χ0) is 24.3. The molecule has 2 saturated heterocycles. The van der Waals surface area contributed by atoms with Crippen LogP contribution in [-0.2, 0) is 27.9 Å². The lowest BCUT2D eigenvalue weighted by atomic mass is 9.95. The lowest BCUT2D eigenvalue weighted by molar-refractivity contribution is -0.207. The van der Waals surface area contributed by atoms with Crippen LogP contribution in [-0.4, -0.2) is 70.6 Å². The van der Waals surface area contributed by atoms with Gasteiger partial charge in [-0.25, -0.2) is 4.79 Å². The van der Waals surface area contributed by atoms with E-state index in [0.717, 1.165) is 0 Å². The molecule has 0 unspecified atom stereocenters. The summed E-state index contributed by atoms with van der Waals surface area (Å²) in [6, 6.07) is 0. The Balaban J connectivity index is 2.22. The van der Waals surface area contributed by atoms with E-state index in [9.17, 15) is 9.90 Å². The van der Waals surface area contributed by atoms with Crippen molar-refractivity contribution in [3.8, 4) is 0 Å². The smallest absolute Gasteiger partial charge is 0.344 e. The zero-order valence-corrected chi connectivity index (χ0v) is 23.5. The van der Waals surface area contributed by atoms with E-state index >= 15 is 0 Å². The van der Waals surface area contributed by atoms with Crippen molar-refractivity contribution < 1.29 is 33.0 Å². The maximum atomic E-state index is 13.1. The van der Waals surface area contributed by atoms with Crippen molar-refractivity contribution in [1.82, 2.24) is 0 Å². The molecule has 0 bridgehead atoms. The van der Waals surface area contributed by atoms with Crippen molar-refractivity contribution in [1.29, 1.82) is 0 Å². The van der Waals surface area contributed by atoms with Crippen LogP contribution in [0.2, 0.25) is 36.3 Å². The van der Waals surface area contributed by atoms with Gasteiger partial charge >= 0.3 is 5.97 Å². The number of hydrogen-bond acceptors (Lipinski definition) is 7. The molecule has 182 valence electrons. The summed E-state index contributed by atoms with van der Waals surface area (Å²) in [5.74, 6) is -1.53. The van der Waals surface area contributed by atoms with E-state index in [-0.39, 0.29) is 23.3 Å². The summed E-state index contributed by atoms with van der Waals surface area (Å²) >= 11 is 0. The van der Waals surface area contributed by atoms with Gasteiger partial charge in [0.05, 0.1) is 13.2 Å². The van der Waals surface area contributed by atoms with Gasteiger partial charge in [0.2, 0.25) is 5.60 Å². The van der Waals surface area contributed by atoms with Crippen LogP contribution >= 0.6 is 0 Å². The Morgan fingerprint density at radius 1 is 1.00 bits per heavy atom. The molecule has 0 spiro atoms. The maximum absolute atomic E-state index is 13.1. The predicted octanol–water partition coefficient (Wildman–Crippen LogP) is 4.21. The van der Waals surface area contributed by atoms with Gasteiger partial charge in [0.1, 0.15) is 12.2 Å². The first-order valence-electron chi connectivity index (χ1n) is 11.2. The number of cyclic esters (lactones) is 1.